The molecule has 0 aliphatic heterocycles. The van der Waals surface area contributed by atoms with Crippen LogP contribution in [0.4, 0.5) is 0 Å². The Morgan fingerprint density at radius 1 is 0.878 bits per heavy atom. The highest BCUT2D eigenvalue weighted by Gasteiger charge is 2.69. The van der Waals surface area contributed by atoms with Gasteiger partial charge in [-0.2, -0.15) is 0 Å². The summed E-state index contributed by atoms with van der Waals surface area (Å²) in [6, 6.07) is 9.49. The summed E-state index contributed by atoms with van der Waals surface area (Å²) in [5.41, 5.74) is 2.25. The average molecular weight is 563 g/mol. The van der Waals surface area contributed by atoms with Gasteiger partial charge in [-0.25, -0.2) is 4.79 Å². The van der Waals surface area contributed by atoms with Gasteiger partial charge in [0.15, 0.2) is 0 Å². The van der Waals surface area contributed by atoms with Gasteiger partial charge in [-0.05, 0) is 109 Å². The van der Waals surface area contributed by atoms with Gasteiger partial charge >= 0.3 is 5.97 Å². The van der Waals surface area contributed by atoms with Crippen molar-refractivity contribution in [2.24, 2.45) is 50.2 Å². The van der Waals surface area contributed by atoms with Crippen LogP contribution in [0.5, 0.6) is 0 Å². The van der Waals surface area contributed by atoms with Gasteiger partial charge < -0.3 is 14.9 Å². The zero-order valence-corrected chi connectivity index (χ0v) is 26.6. The van der Waals surface area contributed by atoms with Gasteiger partial charge in [-0.1, -0.05) is 78.3 Å². The Morgan fingerprint density at radius 2 is 1.59 bits per heavy atom. The number of ether oxygens (including phenoxy) is 1. The molecule has 4 nitrogen and oxygen atoms in total. The van der Waals surface area contributed by atoms with E-state index >= 15 is 0 Å². The lowest BCUT2D eigenvalue weighted by Crippen LogP contribution is -2.66. The minimum atomic E-state index is -0.423. The van der Waals surface area contributed by atoms with Gasteiger partial charge in [-0.3, -0.25) is 0 Å². The predicted octanol–water partition coefficient (Wildman–Crippen LogP) is 7.98. The minimum Gasteiger partial charge on any atom is -0.458 e. The first kappa shape index (κ1) is 29.4. The molecule has 1 aromatic rings. The second kappa shape index (κ2) is 9.42. The molecule has 2 N–H and O–H groups in total. The molecule has 0 radical (unpaired) electrons. The molecule has 0 heterocycles. The number of rotatable bonds is 3. The molecule has 1 aromatic carbocycles. The summed E-state index contributed by atoms with van der Waals surface area (Å²) in [6.45, 7) is 17.0. The Bertz CT molecular complexity index is 1220. The third-order valence-corrected chi connectivity index (χ3v) is 14.5. The molecular weight excluding hydrogens is 508 g/mol. The van der Waals surface area contributed by atoms with E-state index in [4.69, 9.17) is 4.74 Å². The van der Waals surface area contributed by atoms with Crippen molar-refractivity contribution in [1.82, 2.24) is 0 Å². The first-order valence-corrected chi connectivity index (χ1v) is 16.4. The van der Waals surface area contributed by atoms with Crippen LogP contribution in [0.3, 0.4) is 0 Å². The van der Waals surface area contributed by atoms with Crippen LogP contribution in [0.15, 0.2) is 42.0 Å². The highest BCUT2D eigenvalue weighted by Crippen LogP contribution is 2.75. The lowest BCUT2D eigenvalue weighted by molar-refractivity contribution is -0.218. The van der Waals surface area contributed by atoms with E-state index in [1.807, 2.05) is 30.3 Å². The summed E-state index contributed by atoms with van der Waals surface area (Å²) >= 11 is 0. The fraction of sp³-hybridized carbons (Fsp3) is 0.757. The fourth-order valence-corrected chi connectivity index (χ4v) is 11.6. The molecular formula is C37H54O4. The van der Waals surface area contributed by atoms with Crippen LogP contribution in [0.1, 0.15) is 117 Å². The van der Waals surface area contributed by atoms with Crippen molar-refractivity contribution in [3.05, 3.63) is 47.5 Å². The van der Waals surface area contributed by atoms with Crippen LogP contribution in [0.25, 0.3) is 0 Å². The Morgan fingerprint density at radius 3 is 2.27 bits per heavy atom. The second-order valence-electron chi connectivity index (χ2n) is 16.9. The van der Waals surface area contributed by atoms with Gasteiger partial charge in [0, 0.05) is 10.8 Å². The first-order valence-electron chi connectivity index (χ1n) is 16.4. The molecule has 4 fully saturated rings. The Balaban J connectivity index is 1.37. The maximum absolute atomic E-state index is 13.3. The molecule has 226 valence electrons. The highest BCUT2D eigenvalue weighted by atomic mass is 16.5. The molecule has 4 saturated carbocycles. The largest absolute Gasteiger partial charge is 0.458 e. The number of esters is 1. The van der Waals surface area contributed by atoms with Crippen molar-refractivity contribution in [3.8, 4) is 0 Å². The maximum atomic E-state index is 13.3. The van der Waals surface area contributed by atoms with Crippen molar-refractivity contribution < 1.29 is 19.7 Å². The molecule has 0 aromatic heterocycles. The lowest BCUT2D eigenvalue weighted by atomic mass is 9.33. The number of fused-ring (bicyclic) bond motifs is 7. The molecule has 0 saturated heterocycles. The highest BCUT2D eigenvalue weighted by molar-refractivity contribution is 5.89. The SMILES string of the molecule is CC1(C)C[C@@H]2C3=CC[C@@H]4[C@@]5(C)CC[C@H](O)[C@@](C)(CO)C5CC[C@@]4(C)[C@]3(C)CC[C@@]2(C)[C@H](OC(=O)c2ccccc2)C1. The zero-order valence-electron chi connectivity index (χ0n) is 26.6. The second-order valence-corrected chi connectivity index (χ2v) is 16.9. The van der Waals surface area contributed by atoms with E-state index in [9.17, 15) is 15.0 Å². The van der Waals surface area contributed by atoms with E-state index in [0.29, 0.717) is 23.3 Å². The van der Waals surface area contributed by atoms with Crippen molar-refractivity contribution in [3.63, 3.8) is 0 Å². The Labute approximate surface area is 248 Å². The number of carbonyl (C=O) groups excluding carboxylic acids is 1. The number of carbonyl (C=O) groups is 1. The smallest absolute Gasteiger partial charge is 0.338 e. The van der Waals surface area contributed by atoms with E-state index < -0.39 is 11.5 Å². The third-order valence-electron chi connectivity index (χ3n) is 14.5. The summed E-state index contributed by atoms with van der Waals surface area (Å²) in [6.07, 6.45) is 11.5. The van der Waals surface area contributed by atoms with Crippen molar-refractivity contribution >= 4 is 5.97 Å². The standard InChI is InChI=1S/C37H54O4/c1-32(2)21-26-25-13-14-28-34(4)17-16-29(39)35(5,23-38)27(34)15-18-37(28,7)36(25,6)20-19-33(26,3)30(22-32)41-31(40)24-11-9-8-10-12-24/h8-13,26-30,38-39H,14-23H2,1-7H3/t26-,27?,28-,29+,30-,33-,34+,35+,36-,37-/m1/s1. The number of aliphatic hydroxyl groups excluding tert-OH is 2. The molecule has 0 amide bonds. The third kappa shape index (κ3) is 4.01. The van der Waals surface area contributed by atoms with Crippen LogP contribution in [-0.2, 0) is 4.74 Å². The molecule has 0 bridgehead atoms. The van der Waals surface area contributed by atoms with E-state index in [-0.39, 0.29) is 45.8 Å². The first-order chi connectivity index (χ1) is 19.1. The van der Waals surface area contributed by atoms with Crippen LogP contribution in [0, 0.1) is 50.2 Å². The Kier molecular flexibility index (Phi) is 6.76. The number of aliphatic hydroxyl groups is 2. The summed E-state index contributed by atoms with van der Waals surface area (Å²) in [5, 5.41) is 21.6. The summed E-state index contributed by atoms with van der Waals surface area (Å²) in [4.78, 5) is 13.3. The van der Waals surface area contributed by atoms with Gasteiger partial charge in [0.1, 0.15) is 6.10 Å². The molecule has 5 aliphatic carbocycles. The normalized spacial score (nSPS) is 48.5. The van der Waals surface area contributed by atoms with Gasteiger partial charge in [0.05, 0.1) is 18.3 Å². The number of hydrogen-bond donors (Lipinski definition) is 2. The van der Waals surface area contributed by atoms with Gasteiger partial charge in [-0.15, -0.1) is 0 Å². The van der Waals surface area contributed by atoms with E-state index in [1.54, 1.807) is 5.57 Å². The van der Waals surface area contributed by atoms with Crippen molar-refractivity contribution in [2.75, 3.05) is 6.61 Å². The number of hydrogen-bond acceptors (Lipinski definition) is 4. The molecule has 5 aliphatic rings. The van der Waals surface area contributed by atoms with Gasteiger partial charge in [0.2, 0.25) is 0 Å². The molecule has 4 heteroatoms. The number of benzene rings is 1. The molecule has 6 rings (SSSR count). The fourth-order valence-electron chi connectivity index (χ4n) is 11.6. The van der Waals surface area contributed by atoms with Gasteiger partial charge in [0.25, 0.3) is 0 Å². The maximum Gasteiger partial charge on any atom is 0.338 e. The predicted molar refractivity (Wildman–Crippen MR) is 163 cm³/mol. The summed E-state index contributed by atoms with van der Waals surface area (Å²) < 4.78 is 6.45. The molecule has 10 atom stereocenters. The zero-order chi connectivity index (χ0) is 29.6. The lowest BCUT2D eigenvalue weighted by Gasteiger charge is -2.71. The number of allylic oxidation sites excluding steroid dienone is 2. The Hall–Kier alpha value is -1.65. The van der Waals surface area contributed by atoms with Crippen LogP contribution in [0.2, 0.25) is 0 Å². The summed E-state index contributed by atoms with van der Waals surface area (Å²) in [7, 11) is 0. The van der Waals surface area contributed by atoms with E-state index in [0.717, 1.165) is 57.8 Å². The van der Waals surface area contributed by atoms with E-state index in [2.05, 4.69) is 54.5 Å². The molecule has 1 unspecified atom stereocenters. The summed E-state index contributed by atoms with van der Waals surface area (Å²) in [5.74, 6) is 1.08. The quantitative estimate of drug-likeness (QED) is 0.290. The van der Waals surface area contributed by atoms with E-state index in [1.165, 1.54) is 0 Å². The molecule has 0 spiro atoms. The van der Waals surface area contributed by atoms with Crippen molar-refractivity contribution in [1.29, 1.82) is 0 Å². The van der Waals surface area contributed by atoms with Crippen LogP contribution >= 0.6 is 0 Å². The minimum absolute atomic E-state index is 0.0643. The van der Waals surface area contributed by atoms with Crippen LogP contribution in [-0.4, -0.2) is 35.0 Å². The van der Waals surface area contributed by atoms with Crippen molar-refractivity contribution in [2.45, 2.75) is 118 Å². The topological polar surface area (TPSA) is 66.8 Å². The monoisotopic (exact) mass is 562 g/mol. The van der Waals surface area contributed by atoms with Crippen LogP contribution < -0.4 is 0 Å². The average Bonchev–Trinajstić information content (AvgIpc) is 2.93. The molecule has 41 heavy (non-hydrogen) atoms.